The highest BCUT2D eigenvalue weighted by molar-refractivity contribution is 5.67. The summed E-state index contributed by atoms with van der Waals surface area (Å²) in [5.41, 5.74) is 0.986. The number of amides is 1. The minimum atomic E-state index is -0.370. The van der Waals surface area contributed by atoms with E-state index < -0.39 is 0 Å². The number of hydrogen-bond donors (Lipinski definition) is 1. The van der Waals surface area contributed by atoms with Gasteiger partial charge in [-0.3, -0.25) is 0 Å². The number of carbonyl (C=O) groups is 1. The number of imidazole rings is 3. The highest BCUT2D eigenvalue weighted by Gasteiger charge is 2.07. The normalized spacial score (nSPS) is 10.5. The van der Waals surface area contributed by atoms with Gasteiger partial charge < -0.3 is 48.6 Å². The molecule has 0 atom stereocenters. The molecule has 0 saturated heterocycles. The van der Waals surface area contributed by atoms with Crippen LogP contribution in [0.5, 0.6) is 0 Å². The number of unbranched alkanes of at least 4 members (excludes halogenated alkanes) is 2. The van der Waals surface area contributed by atoms with Gasteiger partial charge >= 0.3 is 6.09 Å². The van der Waals surface area contributed by atoms with Gasteiger partial charge in [0.05, 0.1) is 32.5 Å². The summed E-state index contributed by atoms with van der Waals surface area (Å²) in [5.74, 6) is 0. The first kappa shape index (κ1) is 32.3. The fourth-order valence-electron chi connectivity index (χ4n) is 4.23. The molecule has 1 amide bonds. The maximum absolute atomic E-state index is 11.8. The lowest BCUT2D eigenvalue weighted by Gasteiger charge is -2.06. The molecule has 3 heterocycles. The third kappa shape index (κ3) is 12.2. The van der Waals surface area contributed by atoms with Crippen LogP contribution in [0.3, 0.4) is 0 Å². The Labute approximate surface area is 252 Å². The number of alkyl carbamates (subject to hydrolysis) is 1. The van der Waals surface area contributed by atoms with Crippen molar-refractivity contribution in [2.45, 2.75) is 71.4 Å². The van der Waals surface area contributed by atoms with Gasteiger partial charge in [-0.05, 0) is 31.2 Å². The van der Waals surface area contributed by atoms with Crippen molar-refractivity contribution < 1.29 is 52.6 Å². The third-order valence-electron chi connectivity index (χ3n) is 6.29. The molecule has 0 aliphatic carbocycles. The molecule has 0 bridgehead atoms. The summed E-state index contributed by atoms with van der Waals surface area (Å²) in [4.78, 5) is 15.9. The number of aryl methyl sites for hydroxylation is 5. The second kappa shape index (κ2) is 18.4. The number of rotatable bonds is 16. The molecule has 0 spiro atoms. The predicted octanol–water partition coefficient (Wildman–Crippen LogP) is -2.65. The number of hydrogen-bond acceptors (Lipinski definition) is 3. The Kier molecular flexibility index (Phi) is 15.2. The van der Waals surface area contributed by atoms with Crippen molar-refractivity contribution in [3.8, 4) is 0 Å². The molecule has 0 radical (unpaired) electrons. The van der Waals surface area contributed by atoms with Crippen molar-refractivity contribution in [1.29, 1.82) is 0 Å². The summed E-state index contributed by atoms with van der Waals surface area (Å²) in [5, 5.41) is 2.82. The summed E-state index contributed by atoms with van der Waals surface area (Å²) in [6.07, 6.45) is 23.7. The second-order valence-corrected chi connectivity index (χ2v) is 9.34. The van der Waals surface area contributed by atoms with Gasteiger partial charge in [0.15, 0.2) is 0 Å². The molecule has 0 aliphatic heterocycles. The molecule has 1 aromatic carbocycles. The molecule has 212 valence electrons. The van der Waals surface area contributed by atoms with Crippen molar-refractivity contribution in [1.82, 2.24) is 24.0 Å². The average Bonchev–Trinajstić information content (AvgIpc) is 3.69. The van der Waals surface area contributed by atoms with Crippen LogP contribution < -0.4 is 48.4 Å². The van der Waals surface area contributed by atoms with Gasteiger partial charge in [-0.2, -0.15) is 0 Å². The van der Waals surface area contributed by atoms with E-state index in [1.807, 2.05) is 49.1 Å². The molecule has 0 unspecified atom stereocenters. The van der Waals surface area contributed by atoms with Crippen LogP contribution in [0, 0.1) is 0 Å². The molecule has 4 rings (SSSR count). The van der Waals surface area contributed by atoms with Crippen LogP contribution in [0.25, 0.3) is 0 Å². The standard InChI is InChI=1S/C28H38N7O2.2BrH/c36-28(37-23-27-9-2-1-3-10-27)30-11-8-17-35-22-21-34(26-35)16-7-6-15-33-20-19-32(25-33)14-5-4-13-31-18-12-29-24-31;;/h1-3,9-10,12,18-22,24-26H,4-8,11,13-17,23H2;2*1H/q+1;;/p-1. The Morgan fingerprint density at radius 3 is 2.05 bits per heavy atom. The number of carbonyl (C=O) groups excluding carboxylic acids is 1. The summed E-state index contributed by atoms with van der Waals surface area (Å²) in [6.45, 7) is 5.87. The Morgan fingerprint density at radius 1 is 0.795 bits per heavy atom. The first-order valence-electron chi connectivity index (χ1n) is 13.2. The Hall–Kier alpha value is -2.92. The second-order valence-electron chi connectivity index (χ2n) is 9.34. The van der Waals surface area contributed by atoms with Crippen LogP contribution in [0.4, 0.5) is 4.79 Å². The Balaban J connectivity index is 0.00000267. The minimum Gasteiger partial charge on any atom is -1.00 e. The van der Waals surface area contributed by atoms with Gasteiger partial charge in [0.1, 0.15) is 31.4 Å². The molecular weight excluding hydrogens is 626 g/mol. The van der Waals surface area contributed by atoms with E-state index in [-0.39, 0.29) is 40.1 Å². The lowest BCUT2D eigenvalue weighted by atomic mass is 10.2. The monoisotopic (exact) mass is 663 g/mol. The molecule has 3 aromatic heterocycles. The topological polar surface area (TPSA) is 73.8 Å². The third-order valence-corrected chi connectivity index (χ3v) is 6.29. The van der Waals surface area contributed by atoms with E-state index >= 15 is 0 Å². The zero-order chi connectivity index (χ0) is 25.5. The van der Waals surface area contributed by atoms with E-state index in [1.54, 1.807) is 0 Å². The number of aromatic nitrogens is 6. The largest absolute Gasteiger partial charge is 1.00 e. The van der Waals surface area contributed by atoms with Gasteiger partial charge in [-0.1, -0.05) is 30.3 Å². The van der Waals surface area contributed by atoms with Crippen molar-refractivity contribution >= 4 is 6.09 Å². The SMILES string of the molecule is O=C(NCCC[n+]1ccn(CCCCn2cc[n+](CCCCn3ccnc3)c2)c1)OCc1ccccc1.[Br-].[Br-]. The van der Waals surface area contributed by atoms with E-state index in [1.165, 1.54) is 0 Å². The molecule has 0 saturated carbocycles. The Morgan fingerprint density at radius 2 is 1.41 bits per heavy atom. The van der Waals surface area contributed by atoms with Crippen LogP contribution in [-0.4, -0.2) is 31.3 Å². The Bertz CT molecular complexity index is 1180. The molecule has 9 nitrogen and oxygen atoms in total. The summed E-state index contributed by atoms with van der Waals surface area (Å²) >= 11 is 0. The fraction of sp³-hybridized carbons (Fsp3) is 0.429. The molecule has 4 aromatic rings. The van der Waals surface area contributed by atoms with Gasteiger partial charge in [-0.15, -0.1) is 0 Å². The highest BCUT2D eigenvalue weighted by atomic mass is 79.9. The number of nitrogens with zero attached hydrogens (tertiary/aromatic N) is 6. The van der Waals surface area contributed by atoms with E-state index in [4.69, 9.17) is 4.74 Å². The molecule has 0 aliphatic rings. The zero-order valence-corrected chi connectivity index (χ0v) is 25.5. The number of nitrogens with one attached hydrogen (secondary N) is 1. The van der Waals surface area contributed by atoms with Gasteiger partial charge in [-0.25, -0.2) is 28.0 Å². The van der Waals surface area contributed by atoms with E-state index in [0.29, 0.717) is 13.2 Å². The lowest BCUT2D eigenvalue weighted by Crippen LogP contribution is -3.00. The lowest BCUT2D eigenvalue weighted by molar-refractivity contribution is -0.697. The van der Waals surface area contributed by atoms with E-state index in [9.17, 15) is 4.79 Å². The molecule has 0 fully saturated rings. The van der Waals surface area contributed by atoms with Gasteiger partial charge in [0.25, 0.3) is 0 Å². The van der Waals surface area contributed by atoms with Gasteiger partial charge in [0.2, 0.25) is 12.7 Å². The van der Waals surface area contributed by atoms with Crippen LogP contribution in [-0.2, 0) is 44.1 Å². The highest BCUT2D eigenvalue weighted by Crippen LogP contribution is 2.01. The first-order valence-corrected chi connectivity index (χ1v) is 13.2. The summed E-state index contributed by atoms with van der Waals surface area (Å²) in [7, 11) is 0. The van der Waals surface area contributed by atoms with Gasteiger partial charge in [0, 0.05) is 31.9 Å². The zero-order valence-electron chi connectivity index (χ0n) is 22.3. The van der Waals surface area contributed by atoms with Crippen LogP contribution in [0.2, 0.25) is 0 Å². The minimum absolute atomic E-state index is 0. The maximum Gasteiger partial charge on any atom is 0.407 e. The molecular formula is C28H39Br2N7O2. The molecule has 1 N–H and O–H groups in total. The average molecular weight is 665 g/mol. The number of benzene rings is 1. The van der Waals surface area contributed by atoms with Crippen molar-refractivity contribution in [2.75, 3.05) is 6.54 Å². The first-order chi connectivity index (χ1) is 18.2. The predicted molar refractivity (Wildman–Crippen MR) is 139 cm³/mol. The summed E-state index contributed by atoms with van der Waals surface area (Å²) in [6, 6.07) is 9.70. The van der Waals surface area contributed by atoms with Crippen LogP contribution in [0.15, 0.2) is 86.5 Å². The van der Waals surface area contributed by atoms with E-state index in [2.05, 4.69) is 70.6 Å². The quantitative estimate of drug-likeness (QED) is 0.105. The fourth-order valence-corrected chi connectivity index (χ4v) is 4.23. The molecule has 39 heavy (non-hydrogen) atoms. The van der Waals surface area contributed by atoms with E-state index in [0.717, 1.165) is 70.4 Å². The maximum atomic E-state index is 11.8. The van der Waals surface area contributed by atoms with Crippen molar-refractivity contribution in [2.24, 2.45) is 0 Å². The van der Waals surface area contributed by atoms with Crippen LogP contribution in [0.1, 0.15) is 37.7 Å². The van der Waals surface area contributed by atoms with Crippen molar-refractivity contribution in [3.63, 3.8) is 0 Å². The van der Waals surface area contributed by atoms with Crippen molar-refractivity contribution in [3.05, 3.63) is 92.1 Å². The smallest absolute Gasteiger partial charge is 0.407 e. The van der Waals surface area contributed by atoms with Crippen LogP contribution >= 0.6 is 0 Å². The number of ether oxygens (including phenoxy) is 1. The number of halogens is 2. The summed E-state index contributed by atoms with van der Waals surface area (Å²) < 4.78 is 16.3. The molecule has 11 heteroatoms.